The molecular weight excluding hydrogens is 221 g/mol. The molecule has 0 unspecified atom stereocenters. The van der Waals surface area contributed by atoms with Crippen molar-refractivity contribution in [2.75, 3.05) is 6.61 Å². The molecule has 1 aromatic rings. The van der Waals surface area contributed by atoms with Gasteiger partial charge in [0.2, 0.25) is 0 Å². The Morgan fingerprint density at radius 3 is 2.64 bits per heavy atom. The summed E-state index contributed by atoms with van der Waals surface area (Å²) < 4.78 is 5.47. The fourth-order valence-electron chi connectivity index (χ4n) is 1.01. The van der Waals surface area contributed by atoms with Gasteiger partial charge in [-0.15, -0.1) is 12.4 Å². The number of nitrogens with two attached hydrogens (primary N) is 1. The van der Waals surface area contributed by atoms with Crippen LogP contribution in [0.3, 0.4) is 0 Å². The second-order valence-electron chi connectivity index (χ2n) is 3.17. The van der Waals surface area contributed by atoms with Crippen molar-refractivity contribution >= 4 is 24.0 Å². The number of benzene rings is 1. The maximum Gasteiger partial charge on any atom is 0.140 e. The first-order valence-corrected chi connectivity index (χ1v) is 4.62. The van der Waals surface area contributed by atoms with Gasteiger partial charge in [0, 0.05) is 6.04 Å². The lowest BCUT2D eigenvalue weighted by Crippen LogP contribution is -2.23. The first-order chi connectivity index (χ1) is 6.11. The molecule has 14 heavy (non-hydrogen) atoms. The Kier molecular flexibility index (Phi) is 5.93. The molecule has 0 saturated heterocycles. The Morgan fingerprint density at radius 1 is 1.50 bits per heavy atom. The number of hydrogen-bond acceptors (Lipinski definition) is 2. The van der Waals surface area contributed by atoms with Crippen molar-refractivity contribution in [3.8, 4) is 5.75 Å². The molecule has 0 fully saturated rings. The Balaban J connectivity index is 0.00000169. The lowest BCUT2D eigenvalue weighted by atomic mass is 10.2. The fraction of sp³-hybridized carbons (Fsp3) is 0.400. The van der Waals surface area contributed by atoms with Crippen LogP contribution in [0, 0.1) is 6.92 Å². The minimum absolute atomic E-state index is 0. The van der Waals surface area contributed by atoms with Crippen LogP contribution in [0.2, 0.25) is 5.02 Å². The molecule has 80 valence electrons. The molecule has 0 spiro atoms. The second-order valence-corrected chi connectivity index (χ2v) is 3.58. The van der Waals surface area contributed by atoms with E-state index in [1.165, 1.54) is 0 Å². The van der Waals surface area contributed by atoms with Gasteiger partial charge in [-0.2, -0.15) is 0 Å². The third kappa shape index (κ3) is 3.74. The van der Waals surface area contributed by atoms with Crippen molar-refractivity contribution in [3.05, 3.63) is 28.8 Å². The highest BCUT2D eigenvalue weighted by Crippen LogP contribution is 2.27. The molecule has 0 amide bonds. The zero-order valence-electron chi connectivity index (χ0n) is 8.29. The normalized spacial score (nSPS) is 11.7. The summed E-state index contributed by atoms with van der Waals surface area (Å²) in [7, 11) is 0. The molecule has 0 bridgehead atoms. The Morgan fingerprint density at radius 2 is 2.14 bits per heavy atom. The van der Waals surface area contributed by atoms with E-state index in [2.05, 4.69) is 0 Å². The van der Waals surface area contributed by atoms with Crippen LogP contribution in [0.1, 0.15) is 12.5 Å². The third-order valence-electron chi connectivity index (χ3n) is 1.65. The van der Waals surface area contributed by atoms with E-state index in [1.807, 2.05) is 32.0 Å². The molecule has 0 saturated carbocycles. The maximum absolute atomic E-state index is 5.95. The Bertz CT molecular complexity index is 269. The SMILES string of the molecule is Cc1cccc(Cl)c1OC[C@H](C)N.Cl. The van der Waals surface area contributed by atoms with Crippen molar-refractivity contribution in [1.82, 2.24) is 0 Å². The highest BCUT2D eigenvalue weighted by molar-refractivity contribution is 6.32. The molecule has 0 heterocycles. The molecule has 0 aliphatic rings. The average molecular weight is 236 g/mol. The molecule has 1 rings (SSSR count). The lowest BCUT2D eigenvalue weighted by molar-refractivity contribution is 0.294. The summed E-state index contributed by atoms with van der Waals surface area (Å²) in [6.07, 6.45) is 0. The van der Waals surface area contributed by atoms with Gasteiger partial charge >= 0.3 is 0 Å². The molecule has 1 aromatic carbocycles. The van der Waals surface area contributed by atoms with Gasteiger partial charge in [0.1, 0.15) is 12.4 Å². The van der Waals surface area contributed by atoms with Gasteiger partial charge in [-0.3, -0.25) is 0 Å². The Hall–Kier alpha value is -0.440. The minimum atomic E-state index is 0. The van der Waals surface area contributed by atoms with Gasteiger partial charge in [0.05, 0.1) is 5.02 Å². The summed E-state index contributed by atoms with van der Waals surface area (Å²) in [6, 6.07) is 5.69. The topological polar surface area (TPSA) is 35.2 Å². The van der Waals surface area contributed by atoms with Gasteiger partial charge in [-0.1, -0.05) is 23.7 Å². The van der Waals surface area contributed by atoms with E-state index in [4.69, 9.17) is 22.1 Å². The van der Waals surface area contributed by atoms with Crippen molar-refractivity contribution < 1.29 is 4.74 Å². The monoisotopic (exact) mass is 235 g/mol. The summed E-state index contributed by atoms with van der Waals surface area (Å²) in [6.45, 7) is 4.35. The van der Waals surface area contributed by atoms with Crippen LogP contribution in [0.25, 0.3) is 0 Å². The van der Waals surface area contributed by atoms with E-state index in [0.717, 1.165) is 11.3 Å². The standard InChI is InChI=1S/C10H14ClNO.ClH/c1-7-4-3-5-9(11)10(7)13-6-8(2)12;/h3-5,8H,6,12H2,1-2H3;1H/t8-;/m0./s1. The minimum Gasteiger partial charge on any atom is -0.490 e. The van der Waals surface area contributed by atoms with Crippen LogP contribution in [0.15, 0.2) is 18.2 Å². The predicted octanol–water partition coefficient (Wildman–Crippen LogP) is 2.80. The number of hydrogen-bond donors (Lipinski definition) is 1. The van der Waals surface area contributed by atoms with Crippen LogP contribution in [-0.2, 0) is 0 Å². The van der Waals surface area contributed by atoms with E-state index >= 15 is 0 Å². The molecule has 2 N–H and O–H groups in total. The van der Waals surface area contributed by atoms with Crippen LogP contribution >= 0.6 is 24.0 Å². The summed E-state index contributed by atoms with van der Waals surface area (Å²) in [5, 5.41) is 0.639. The van der Waals surface area contributed by atoms with Crippen LogP contribution < -0.4 is 10.5 Å². The second kappa shape index (κ2) is 6.12. The van der Waals surface area contributed by atoms with Crippen LogP contribution in [0.4, 0.5) is 0 Å². The van der Waals surface area contributed by atoms with E-state index in [9.17, 15) is 0 Å². The lowest BCUT2D eigenvalue weighted by Gasteiger charge is -2.12. The number of ether oxygens (including phenoxy) is 1. The highest BCUT2D eigenvalue weighted by atomic mass is 35.5. The number of halogens is 2. The molecule has 2 nitrogen and oxygen atoms in total. The number of rotatable bonds is 3. The largest absolute Gasteiger partial charge is 0.490 e. The average Bonchev–Trinajstić information content (AvgIpc) is 2.03. The van der Waals surface area contributed by atoms with Crippen LogP contribution in [-0.4, -0.2) is 12.6 Å². The van der Waals surface area contributed by atoms with Crippen molar-refractivity contribution in [2.24, 2.45) is 5.73 Å². The van der Waals surface area contributed by atoms with Crippen molar-refractivity contribution in [3.63, 3.8) is 0 Å². The van der Waals surface area contributed by atoms with Gasteiger partial charge in [0.25, 0.3) is 0 Å². The zero-order chi connectivity index (χ0) is 9.84. The fourth-order valence-corrected chi connectivity index (χ4v) is 1.29. The highest BCUT2D eigenvalue weighted by Gasteiger charge is 2.05. The molecule has 0 aromatic heterocycles. The van der Waals surface area contributed by atoms with Crippen molar-refractivity contribution in [2.45, 2.75) is 19.9 Å². The molecule has 0 aliphatic carbocycles. The maximum atomic E-state index is 5.95. The smallest absolute Gasteiger partial charge is 0.140 e. The summed E-state index contributed by atoms with van der Waals surface area (Å²) >= 11 is 5.95. The van der Waals surface area contributed by atoms with Gasteiger partial charge in [0.15, 0.2) is 0 Å². The number of aryl methyl sites for hydroxylation is 1. The van der Waals surface area contributed by atoms with Crippen LogP contribution in [0.5, 0.6) is 5.75 Å². The molecule has 4 heteroatoms. The van der Waals surface area contributed by atoms with Gasteiger partial charge in [-0.25, -0.2) is 0 Å². The van der Waals surface area contributed by atoms with Crippen molar-refractivity contribution in [1.29, 1.82) is 0 Å². The molecular formula is C10H15Cl2NO. The van der Waals surface area contributed by atoms with E-state index in [0.29, 0.717) is 11.6 Å². The first-order valence-electron chi connectivity index (χ1n) is 4.24. The van der Waals surface area contributed by atoms with Gasteiger partial charge < -0.3 is 10.5 Å². The summed E-state index contributed by atoms with van der Waals surface area (Å²) in [5.41, 5.74) is 6.61. The number of para-hydroxylation sites is 1. The summed E-state index contributed by atoms with van der Waals surface area (Å²) in [5.74, 6) is 0.737. The third-order valence-corrected chi connectivity index (χ3v) is 1.95. The summed E-state index contributed by atoms with van der Waals surface area (Å²) in [4.78, 5) is 0. The predicted molar refractivity (Wildman–Crippen MR) is 62.6 cm³/mol. The first kappa shape index (κ1) is 13.6. The Labute approximate surface area is 95.8 Å². The molecule has 0 aliphatic heterocycles. The molecule has 1 atom stereocenters. The van der Waals surface area contributed by atoms with E-state index < -0.39 is 0 Å². The van der Waals surface area contributed by atoms with E-state index in [1.54, 1.807) is 0 Å². The quantitative estimate of drug-likeness (QED) is 0.875. The van der Waals surface area contributed by atoms with E-state index in [-0.39, 0.29) is 18.4 Å². The zero-order valence-corrected chi connectivity index (χ0v) is 9.86. The van der Waals surface area contributed by atoms with Gasteiger partial charge in [-0.05, 0) is 25.5 Å². The molecule has 0 radical (unpaired) electrons.